The van der Waals surface area contributed by atoms with Gasteiger partial charge < -0.3 is 15.3 Å². The summed E-state index contributed by atoms with van der Waals surface area (Å²) in [7, 11) is 0. The summed E-state index contributed by atoms with van der Waals surface area (Å²) in [6, 6.07) is 12.5. The molecule has 1 aliphatic heterocycles. The highest BCUT2D eigenvalue weighted by atomic mass is 16.3. The predicted octanol–water partition coefficient (Wildman–Crippen LogP) is 2.66. The van der Waals surface area contributed by atoms with Crippen LogP contribution in [0, 0.1) is 0 Å². The molecular weight excluding hydrogens is 316 g/mol. The van der Waals surface area contributed by atoms with Gasteiger partial charge in [-0.2, -0.15) is 0 Å². The molecule has 0 bridgehead atoms. The van der Waals surface area contributed by atoms with E-state index in [9.17, 15) is 14.7 Å². The van der Waals surface area contributed by atoms with Crippen LogP contribution in [0.4, 0.5) is 5.69 Å². The molecule has 2 aromatic carbocycles. The van der Waals surface area contributed by atoms with E-state index in [1.54, 1.807) is 23.1 Å². The Kier molecular flexibility index (Phi) is 5.03. The van der Waals surface area contributed by atoms with Gasteiger partial charge in [0.05, 0.1) is 0 Å². The largest absolute Gasteiger partial charge is 0.508 e. The van der Waals surface area contributed by atoms with Gasteiger partial charge in [-0.3, -0.25) is 9.59 Å². The molecule has 3 rings (SSSR count). The van der Waals surface area contributed by atoms with Crippen molar-refractivity contribution >= 4 is 17.5 Å². The van der Waals surface area contributed by atoms with Crippen LogP contribution in [0.3, 0.4) is 0 Å². The number of benzene rings is 2. The molecule has 5 nitrogen and oxygen atoms in total. The monoisotopic (exact) mass is 338 g/mol. The van der Waals surface area contributed by atoms with Crippen LogP contribution >= 0.6 is 0 Å². The van der Waals surface area contributed by atoms with Gasteiger partial charge in [-0.15, -0.1) is 0 Å². The Morgan fingerprint density at radius 3 is 2.64 bits per heavy atom. The number of aromatic hydroxyl groups is 1. The van der Waals surface area contributed by atoms with Crippen LogP contribution in [-0.4, -0.2) is 30.0 Å². The number of carbonyl (C=O) groups is 2. The van der Waals surface area contributed by atoms with Crippen LogP contribution < -0.4 is 10.2 Å². The smallest absolute Gasteiger partial charge is 0.251 e. The lowest BCUT2D eigenvalue weighted by Gasteiger charge is -2.16. The number of anilines is 1. The quantitative estimate of drug-likeness (QED) is 0.880. The van der Waals surface area contributed by atoms with Crippen molar-refractivity contribution < 1.29 is 14.7 Å². The lowest BCUT2D eigenvalue weighted by Crippen LogP contribution is -2.28. The predicted molar refractivity (Wildman–Crippen MR) is 96.9 cm³/mol. The van der Waals surface area contributed by atoms with Gasteiger partial charge in [-0.05, 0) is 54.3 Å². The van der Waals surface area contributed by atoms with E-state index >= 15 is 0 Å². The van der Waals surface area contributed by atoms with Gasteiger partial charge in [-0.25, -0.2) is 0 Å². The summed E-state index contributed by atoms with van der Waals surface area (Å²) in [5.41, 5.74) is 3.65. The molecule has 0 fully saturated rings. The van der Waals surface area contributed by atoms with Crippen LogP contribution in [0.5, 0.6) is 5.75 Å². The van der Waals surface area contributed by atoms with Gasteiger partial charge in [-0.1, -0.05) is 19.1 Å². The summed E-state index contributed by atoms with van der Waals surface area (Å²) in [4.78, 5) is 26.0. The van der Waals surface area contributed by atoms with E-state index in [2.05, 4.69) is 5.32 Å². The van der Waals surface area contributed by atoms with Crippen molar-refractivity contribution in [2.24, 2.45) is 0 Å². The first-order valence-electron chi connectivity index (χ1n) is 8.58. The number of phenolic OH excluding ortho intramolecular Hbond substituents is 1. The fourth-order valence-electron chi connectivity index (χ4n) is 3.08. The Morgan fingerprint density at radius 1 is 1.16 bits per heavy atom. The second-order valence-electron chi connectivity index (χ2n) is 6.16. The zero-order chi connectivity index (χ0) is 17.8. The minimum absolute atomic E-state index is 0.109. The first kappa shape index (κ1) is 17.0. The fourth-order valence-corrected chi connectivity index (χ4v) is 3.08. The van der Waals surface area contributed by atoms with E-state index in [1.165, 1.54) is 0 Å². The van der Waals surface area contributed by atoms with Gasteiger partial charge >= 0.3 is 0 Å². The molecule has 2 amide bonds. The Labute approximate surface area is 147 Å². The molecule has 25 heavy (non-hydrogen) atoms. The summed E-state index contributed by atoms with van der Waals surface area (Å²) >= 11 is 0. The second kappa shape index (κ2) is 7.38. The summed E-state index contributed by atoms with van der Waals surface area (Å²) in [6.45, 7) is 3.07. The fraction of sp³-hybridized carbons (Fsp3) is 0.300. The van der Waals surface area contributed by atoms with Crippen LogP contribution in [0.2, 0.25) is 0 Å². The third-order valence-electron chi connectivity index (χ3n) is 4.48. The van der Waals surface area contributed by atoms with E-state index < -0.39 is 0 Å². The molecule has 1 heterocycles. The highest BCUT2D eigenvalue weighted by molar-refractivity contribution is 5.98. The number of carbonyl (C=O) groups excluding carboxylic acids is 2. The summed E-state index contributed by atoms with van der Waals surface area (Å²) in [5, 5.41) is 12.2. The van der Waals surface area contributed by atoms with Crippen LogP contribution in [-0.2, 0) is 17.6 Å². The van der Waals surface area contributed by atoms with Gasteiger partial charge in [0.1, 0.15) is 5.75 Å². The van der Waals surface area contributed by atoms with Crippen molar-refractivity contribution in [3.8, 4) is 5.75 Å². The molecule has 0 saturated heterocycles. The van der Waals surface area contributed by atoms with Crippen molar-refractivity contribution in [2.75, 3.05) is 18.0 Å². The topological polar surface area (TPSA) is 69.6 Å². The SMILES string of the molecule is CCC(=O)N1CCc2cc(C(=O)NCCc3ccc(O)cc3)ccc21. The minimum atomic E-state index is -0.109. The number of nitrogens with zero attached hydrogens (tertiary/aromatic N) is 1. The molecule has 0 saturated carbocycles. The number of rotatable bonds is 5. The Bertz CT molecular complexity index is 784. The van der Waals surface area contributed by atoms with Gasteiger partial charge in [0, 0.05) is 30.8 Å². The molecule has 5 heteroatoms. The van der Waals surface area contributed by atoms with Gasteiger partial charge in [0.2, 0.25) is 5.91 Å². The second-order valence-corrected chi connectivity index (χ2v) is 6.16. The van der Waals surface area contributed by atoms with Crippen molar-refractivity contribution in [1.29, 1.82) is 0 Å². The van der Waals surface area contributed by atoms with Crippen LogP contribution in [0.1, 0.15) is 34.8 Å². The molecule has 130 valence electrons. The minimum Gasteiger partial charge on any atom is -0.508 e. The number of hydrogen-bond donors (Lipinski definition) is 2. The highest BCUT2D eigenvalue weighted by Gasteiger charge is 2.24. The van der Waals surface area contributed by atoms with Crippen molar-refractivity contribution in [3.05, 3.63) is 59.2 Å². The number of amides is 2. The first-order valence-corrected chi connectivity index (χ1v) is 8.58. The first-order chi connectivity index (χ1) is 12.1. The zero-order valence-corrected chi connectivity index (χ0v) is 14.3. The van der Waals surface area contributed by atoms with E-state index in [0.29, 0.717) is 31.5 Å². The van der Waals surface area contributed by atoms with E-state index in [1.807, 2.05) is 31.2 Å². The maximum atomic E-state index is 12.3. The molecule has 1 aliphatic rings. The summed E-state index contributed by atoms with van der Waals surface area (Å²) in [5.74, 6) is 0.244. The summed E-state index contributed by atoms with van der Waals surface area (Å²) < 4.78 is 0. The Morgan fingerprint density at radius 2 is 1.92 bits per heavy atom. The van der Waals surface area contributed by atoms with E-state index in [-0.39, 0.29) is 17.6 Å². The van der Waals surface area contributed by atoms with Crippen molar-refractivity contribution in [3.63, 3.8) is 0 Å². The molecule has 0 spiro atoms. The number of nitrogens with one attached hydrogen (secondary N) is 1. The number of phenols is 1. The standard InChI is InChI=1S/C20H22N2O3/c1-2-19(24)22-12-10-15-13-16(5-8-18(15)22)20(25)21-11-9-14-3-6-17(23)7-4-14/h3-8,13,23H,2,9-12H2,1H3,(H,21,25). The molecular formula is C20H22N2O3. The molecule has 0 unspecified atom stereocenters. The average Bonchev–Trinajstić information content (AvgIpc) is 3.05. The molecule has 2 N–H and O–H groups in total. The van der Waals surface area contributed by atoms with Gasteiger partial charge in [0.25, 0.3) is 5.91 Å². The molecule has 0 aliphatic carbocycles. The number of hydrogen-bond acceptors (Lipinski definition) is 3. The van der Waals surface area contributed by atoms with Gasteiger partial charge in [0.15, 0.2) is 0 Å². The zero-order valence-electron chi connectivity index (χ0n) is 14.3. The maximum absolute atomic E-state index is 12.3. The summed E-state index contributed by atoms with van der Waals surface area (Å²) in [6.07, 6.45) is 1.98. The maximum Gasteiger partial charge on any atom is 0.251 e. The van der Waals surface area contributed by atoms with Crippen LogP contribution in [0.15, 0.2) is 42.5 Å². The third-order valence-corrected chi connectivity index (χ3v) is 4.48. The molecule has 0 radical (unpaired) electrons. The van der Waals surface area contributed by atoms with Crippen molar-refractivity contribution in [2.45, 2.75) is 26.2 Å². The molecule has 2 aromatic rings. The third kappa shape index (κ3) is 3.82. The van der Waals surface area contributed by atoms with Crippen LogP contribution in [0.25, 0.3) is 0 Å². The van der Waals surface area contributed by atoms with E-state index in [0.717, 1.165) is 23.2 Å². The van der Waals surface area contributed by atoms with E-state index in [4.69, 9.17) is 0 Å². The lowest BCUT2D eigenvalue weighted by atomic mass is 10.1. The normalized spacial score (nSPS) is 12.8. The molecule has 0 aromatic heterocycles. The lowest BCUT2D eigenvalue weighted by molar-refractivity contribution is -0.118. The number of fused-ring (bicyclic) bond motifs is 1. The Balaban J connectivity index is 1.60. The average molecular weight is 338 g/mol. The molecule has 0 atom stereocenters. The van der Waals surface area contributed by atoms with Crippen molar-refractivity contribution in [1.82, 2.24) is 5.32 Å². The Hall–Kier alpha value is -2.82. The highest BCUT2D eigenvalue weighted by Crippen LogP contribution is 2.29.